The summed E-state index contributed by atoms with van der Waals surface area (Å²) in [5.74, 6) is -22.7. The Kier molecular flexibility index (Phi) is 68.5. The summed E-state index contributed by atoms with van der Waals surface area (Å²) in [7, 11) is 1.56. The summed E-state index contributed by atoms with van der Waals surface area (Å²) in [6.45, 7) is 20.1. The summed E-state index contributed by atoms with van der Waals surface area (Å²) in [4.78, 5) is 39.7. The van der Waals surface area contributed by atoms with Crippen molar-refractivity contribution in [1.82, 2.24) is 34.0 Å². The molecule has 5 heterocycles. The maximum atomic E-state index is 12.7. The van der Waals surface area contributed by atoms with Crippen molar-refractivity contribution < 1.29 is 129 Å². The molecule has 18 rings (SSSR count). The van der Waals surface area contributed by atoms with Crippen LogP contribution < -0.4 is 4.74 Å². The van der Waals surface area contributed by atoms with E-state index in [9.17, 15) is 66.3 Å². The van der Waals surface area contributed by atoms with E-state index < -0.39 is 101 Å². The molecule has 5 fully saturated rings. The molecule has 14 nitrogen and oxygen atoms in total. The first-order chi connectivity index (χ1) is 68.7. The summed E-state index contributed by atoms with van der Waals surface area (Å²) >= 11 is 48.9. The van der Waals surface area contributed by atoms with Gasteiger partial charge in [0.05, 0.1) is 94.3 Å². The van der Waals surface area contributed by atoms with E-state index in [1.165, 1.54) is 163 Å². The van der Waals surface area contributed by atoms with Gasteiger partial charge in [-0.3, -0.25) is 22.5 Å². The number of halogens is 21. The topological polar surface area (TPSA) is 138 Å². The molecule has 4 saturated carbocycles. The number of fused-ring (bicyclic) bond motifs is 1. The van der Waals surface area contributed by atoms with Crippen LogP contribution in [0.1, 0.15) is 182 Å². The number of methoxy groups -OCH3 is 1. The van der Waals surface area contributed by atoms with Crippen LogP contribution in [0.3, 0.4) is 0 Å². The van der Waals surface area contributed by atoms with Gasteiger partial charge in [-0.25, -0.2) is 70.2 Å². The van der Waals surface area contributed by atoms with Crippen molar-refractivity contribution in [2.24, 2.45) is 5.16 Å². The van der Waals surface area contributed by atoms with Crippen molar-refractivity contribution in [3.05, 3.63) is 390 Å². The maximum Gasteiger partial charge on any atom is 4.00 e. The molecule has 4 aromatic heterocycles. The molecular weight excluding hydrogens is 2230 g/mol. The number of aryl methyl sites for hydroxylation is 1. The Morgan fingerprint density at radius 2 is 0.953 bits per heavy atom. The van der Waals surface area contributed by atoms with Crippen LogP contribution in [-0.2, 0) is 83.3 Å². The molecule has 150 heavy (non-hydrogen) atoms. The SMILES string of the molecule is C1CCCC1.C1CCCC1.C1CCCC1.C1CCCC1.C=Cc1ccc(COC(=O)CO/N=C(/c2ccc(SC)cc2)C(C)(C)N2CCOCC2)cc1.COc1ccc(-c2nc(C(Cl)(Cl)Cl)nc(C(Cl)(Cl)Cl)n2)cc1.Fc1[c-]c(F)c(F)c(F)c1F.Fc1[c-]c(F)c(F)c(F)c1F.Fc1[c-]c(F)cc(-n2cccc2)c1.Fc1[c-]c(F)cc(-n2cccc2)c1.S=c1[nH]c2ccc(Cl)cc2s1.[C-]#[N+]Cc1ccccc1C.[CH3-].[CH3-].[CH3-].[CH3-].[Ti+4].[Ti+4]. The van der Waals surface area contributed by atoms with E-state index in [0.29, 0.717) is 42.4 Å². The molecule has 13 aromatic rings. The fourth-order valence-corrected chi connectivity index (χ4v) is 16.1. The molecule has 5 aliphatic rings. The summed E-state index contributed by atoms with van der Waals surface area (Å²) in [6.07, 6.45) is 40.7. The van der Waals surface area contributed by atoms with Crippen molar-refractivity contribution in [3.8, 4) is 28.5 Å². The number of ether oxygens (including phenoxy) is 3. The molecule has 1 saturated heterocycles. The number of alkyl halides is 6. The fourth-order valence-electron chi connectivity index (χ4n) is 13.7. The molecule has 9 aromatic carbocycles. The van der Waals surface area contributed by atoms with Gasteiger partial charge in [-0.2, -0.15) is 0 Å². The Bertz CT molecular complexity index is 5900. The number of carbonyl (C=O) groups is 1. The van der Waals surface area contributed by atoms with Crippen molar-refractivity contribution in [2.75, 3.05) is 46.3 Å². The number of benzene rings is 9. The predicted molar refractivity (Wildman–Crippen MR) is 574 cm³/mol. The Balaban J connectivity index is 0.000000853. The molecule has 0 atom stereocenters. The number of morpholine rings is 1. The molecule has 40 heteroatoms. The summed E-state index contributed by atoms with van der Waals surface area (Å²) in [5, 5.41) is 5.18. The van der Waals surface area contributed by atoms with Gasteiger partial charge in [-0.1, -0.05) is 299 Å². The number of esters is 1. The number of nitrogens with one attached hydrogen (secondary N) is 1. The van der Waals surface area contributed by atoms with Crippen LogP contribution in [0.4, 0.5) is 61.5 Å². The van der Waals surface area contributed by atoms with E-state index in [1.54, 1.807) is 119 Å². The monoisotopic (exact) mass is 2350 g/mol. The molecule has 0 amide bonds. The van der Waals surface area contributed by atoms with Gasteiger partial charge >= 0.3 is 49.4 Å². The van der Waals surface area contributed by atoms with E-state index >= 15 is 0 Å². The third-order valence-electron chi connectivity index (χ3n) is 21.4. The zero-order valence-electron chi connectivity index (χ0n) is 84.1. The first-order valence-electron chi connectivity index (χ1n) is 45.3. The first-order valence-corrected chi connectivity index (χ1v) is 50.4. The largest absolute Gasteiger partial charge is 4.00 e. The Morgan fingerprint density at radius 3 is 1.32 bits per heavy atom. The van der Waals surface area contributed by atoms with Crippen molar-refractivity contribution in [3.63, 3.8) is 0 Å². The van der Waals surface area contributed by atoms with E-state index in [4.69, 9.17) is 119 Å². The minimum Gasteiger partial charge on any atom is -0.497 e. The number of hydrogen-bond donors (Lipinski definition) is 1. The summed E-state index contributed by atoms with van der Waals surface area (Å²) in [6, 6.07) is 54.4. The van der Waals surface area contributed by atoms with Gasteiger partial charge in [0.2, 0.25) is 20.7 Å². The molecule has 0 radical (unpaired) electrons. The summed E-state index contributed by atoms with van der Waals surface area (Å²) in [5.41, 5.74) is 8.18. The molecule has 4 aliphatic carbocycles. The van der Waals surface area contributed by atoms with E-state index in [1.807, 2.05) is 104 Å². The summed E-state index contributed by atoms with van der Waals surface area (Å²) < 4.78 is 188. The van der Waals surface area contributed by atoms with Crippen molar-refractivity contribution in [1.29, 1.82) is 0 Å². The number of rotatable bonds is 15. The van der Waals surface area contributed by atoms with Crippen LogP contribution in [0.15, 0.2) is 205 Å². The number of thioether (sulfide) groups is 1. The van der Waals surface area contributed by atoms with Crippen LogP contribution in [-0.4, -0.2) is 97.5 Å². The average Bonchev–Trinajstić information content (AvgIpc) is 0.955. The number of aromatic nitrogens is 6. The van der Waals surface area contributed by atoms with Gasteiger partial charge < -0.3 is 67.7 Å². The van der Waals surface area contributed by atoms with Crippen LogP contribution >= 0.6 is 117 Å². The Labute approximate surface area is 949 Å². The van der Waals surface area contributed by atoms with E-state index in [2.05, 4.69) is 67.4 Å². The molecular formula is C110H116Cl7F14N9O5S3Ti2. The normalized spacial score (nSPS) is 13.0. The minimum absolute atomic E-state index is 0. The zero-order valence-corrected chi connectivity index (χ0v) is 94.9. The number of carbonyl (C=O) groups excluding carboxylic acids is 1. The Hall–Kier alpha value is -8.62. The molecule has 0 spiro atoms. The van der Waals surface area contributed by atoms with E-state index in [0.717, 1.165) is 72.4 Å². The quantitative estimate of drug-likeness (QED) is 0.00897. The van der Waals surface area contributed by atoms with Gasteiger partial charge in [0, 0.05) is 87.8 Å². The fraction of sp³-hybridized carbons (Fsp3) is 0.318. The second kappa shape index (κ2) is 73.7. The van der Waals surface area contributed by atoms with Crippen LogP contribution in [0.2, 0.25) is 5.02 Å². The van der Waals surface area contributed by atoms with Crippen LogP contribution in [0, 0.1) is 153 Å². The van der Waals surface area contributed by atoms with Gasteiger partial charge in [0.25, 0.3) is 0 Å². The average molecular weight is 2350 g/mol. The molecule has 0 unspecified atom stereocenters. The number of hydrogen-bond acceptors (Lipinski definition) is 13. The second-order valence-electron chi connectivity index (χ2n) is 32.3. The zero-order chi connectivity index (χ0) is 105. The number of H-pyrrole nitrogens is 1. The third kappa shape index (κ3) is 49.9. The van der Waals surface area contributed by atoms with Gasteiger partial charge in [-0.05, 0) is 135 Å². The standard InChI is InChI=1S/C26H32N2O4S.C12H7Cl6N3O.2C10H6F2N.C9H9N.C7H4ClNS2.2C6F5.4C5H10.4CH3.2Ti/c1-5-20-6-8-21(9-7-20)18-31-24(29)19-32-27-25(22-10-12-23(33-4)13-11-22)26(2,3)28-14-16-30-17-15-28;1-22-7-4-2-6(3-5-7)8-19-9(11(13,14)15)21-10(20-8)12(16,17)18;2*11-8-5-9(12)7-10(6-8)13-3-1-2-4-13;1-8-5-3-4-6-9(8)7-10-2;8-4-1-2-5-6(3-4)11-7(10)9-5;2*7-2-1-3(8)5(10)6(11)4(2)9;4*1-2-4-5-3-1;;;;;;/h5-13H,1,14-19H2,2-4H3;2-5H,1H3;2*1-4,6-7H;3-6H,7H2,1H3;1-3H,(H,9,10);;;4*1-5H2;4*1H3;;/q;;2*-1;;;2*-1;;;;;4*-1;2*+4/b27-25-;;;;;;;;;;;;;;;;;. The minimum atomic E-state index is -2.17. The van der Waals surface area contributed by atoms with Gasteiger partial charge in [0.1, 0.15) is 18.1 Å². The number of thiazole rings is 1. The molecule has 804 valence electrons. The van der Waals surface area contributed by atoms with Crippen LogP contribution in [0.5, 0.6) is 5.75 Å². The predicted octanol–water partition coefficient (Wildman–Crippen LogP) is 34.9. The van der Waals surface area contributed by atoms with Gasteiger partial charge in [0.15, 0.2) is 21.4 Å². The Morgan fingerprint density at radius 1 is 0.553 bits per heavy atom. The molecule has 0 bridgehead atoms. The molecule has 1 aliphatic heterocycles. The van der Waals surface area contributed by atoms with Crippen molar-refractivity contribution in [2.45, 2.75) is 180 Å². The van der Waals surface area contributed by atoms with E-state index in [-0.39, 0.29) is 104 Å². The van der Waals surface area contributed by atoms with Crippen LogP contribution in [0.25, 0.3) is 43.9 Å². The maximum absolute atomic E-state index is 12.7. The smallest absolute Gasteiger partial charge is 0.497 e. The van der Waals surface area contributed by atoms with Gasteiger partial charge in [-0.15, -0.1) is 71.6 Å². The number of oxime groups is 1. The third-order valence-corrected chi connectivity index (χ3v) is 24.6. The van der Waals surface area contributed by atoms with Crippen molar-refractivity contribution >= 4 is 144 Å². The first kappa shape index (κ1) is 139. The number of nitrogens with zero attached hydrogens (tertiary/aromatic N) is 8. The molecule has 1 N–H and O–H groups in total. The number of aromatic amines is 1. The second-order valence-corrected chi connectivity index (χ2v) is 39.9.